The number of halogens is 2. The predicted molar refractivity (Wildman–Crippen MR) is 94.9 cm³/mol. The molecule has 0 atom stereocenters. The first-order chi connectivity index (χ1) is 9.70. The Morgan fingerprint density at radius 1 is 1.43 bits per heavy atom. The summed E-state index contributed by atoms with van der Waals surface area (Å²) >= 11 is 15.4. The SMILES string of the molecule is Cc1sc(Br)cc1S(=O)(=O)Nc1cc(Cl)ccc1C(N)=S. The van der Waals surface area contributed by atoms with Gasteiger partial charge < -0.3 is 5.73 Å². The molecular formula is C12H10BrClN2O2S3. The number of thiophene rings is 1. The van der Waals surface area contributed by atoms with E-state index < -0.39 is 10.0 Å². The fraction of sp³-hybridized carbons (Fsp3) is 0.0833. The van der Waals surface area contributed by atoms with E-state index in [-0.39, 0.29) is 15.6 Å². The molecule has 0 aliphatic heterocycles. The summed E-state index contributed by atoms with van der Waals surface area (Å²) in [5.41, 5.74) is 6.29. The quantitative estimate of drug-likeness (QED) is 0.729. The Labute approximate surface area is 145 Å². The second-order valence-corrected chi connectivity index (χ2v) is 9.29. The summed E-state index contributed by atoms with van der Waals surface area (Å²) in [6, 6.07) is 6.21. The molecule has 2 aromatic rings. The van der Waals surface area contributed by atoms with E-state index in [0.29, 0.717) is 15.5 Å². The van der Waals surface area contributed by atoms with Crippen molar-refractivity contribution in [3.8, 4) is 0 Å². The van der Waals surface area contributed by atoms with Crippen LogP contribution in [-0.2, 0) is 10.0 Å². The first kappa shape index (κ1) is 16.7. The fourth-order valence-corrected chi connectivity index (χ4v) is 5.55. The molecule has 1 heterocycles. The number of aryl methyl sites for hydroxylation is 1. The molecule has 21 heavy (non-hydrogen) atoms. The van der Waals surface area contributed by atoms with E-state index >= 15 is 0 Å². The average molecular weight is 426 g/mol. The lowest BCUT2D eigenvalue weighted by atomic mass is 10.2. The van der Waals surface area contributed by atoms with E-state index in [1.54, 1.807) is 25.1 Å². The number of thiocarbonyl (C=S) groups is 1. The van der Waals surface area contributed by atoms with Gasteiger partial charge in [-0.25, -0.2) is 8.42 Å². The number of hydrogen-bond acceptors (Lipinski definition) is 4. The van der Waals surface area contributed by atoms with Gasteiger partial charge in [0, 0.05) is 15.5 Å². The van der Waals surface area contributed by atoms with Crippen molar-refractivity contribution < 1.29 is 8.42 Å². The van der Waals surface area contributed by atoms with Gasteiger partial charge in [-0.2, -0.15) is 0 Å². The summed E-state index contributed by atoms with van der Waals surface area (Å²) in [6.07, 6.45) is 0. The smallest absolute Gasteiger partial charge is 0.263 e. The first-order valence-corrected chi connectivity index (χ1v) is 9.46. The molecule has 0 aliphatic carbocycles. The zero-order valence-electron chi connectivity index (χ0n) is 10.7. The van der Waals surface area contributed by atoms with Gasteiger partial charge >= 0.3 is 0 Å². The van der Waals surface area contributed by atoms with Crippen LogP contribution in [0.4, 0.5) is 5.69 Å². The first-order valence-electron chi connectivity index (χ1n) is 5.59. The molecule has 0 spiro atoms. The van der Waals surface area contributed by atoms with Crippen LogP contribution in [0.15, 0.2) is 32.9 Å². The fourth-order valence-electron chi connectivity index (χ4n) is 1.71. The van der Waals surface area contributed by atoms with E-state index in [2.05, 4.69) is 20.7 Å². The second kappa shape index (κ2) is 6.21. The molecule has 0 amide bonds. The maximum Gasteiger partial charge on any atom is 0.263 e. The highest BCUT2D eigenvalue weighted by Gasteiger charge is 2.21. The van der Waals surface area contributed by atoms with Crippen molar-refractivity contribution in [3.63, 3.8) is 0 Å². The summed E-state index contributed by atoms with van der Waals surface area (Å²) in [5.74, 6) is 0. The second-order valence-electron chi connectivity index (χ2n) is 4.13. The van der Waals surface area contributed by atoms with Gasteiger partial charge in [0.2, 0.25) is 0 Å². The van der Waals surface area contributed by atoms with Gasteiger partial charge in [0.15, 0.2) is 0 Å². The predicted octanol–water partition coefficient (Wildman–Crippen LogP) is 3.91. The molecule has 0 radical (unpaired) electrons. The van der Waals surface area contributed by atoms with Gasteiger partial charge in [-0.3, -0.25) is 4.72 Å². The standard InChI is InChI=1S/C12H10BrClN2O2S3/c1-6-10(5-11(13)20-6)21(17,18)16-9-4-7(14)2-3-8(9)12(15)19/h2-5,16H,1H3,(H2,15,19). The minimum Gasteiger partial charge on any atom is -0.389 e. The van der Waals surface area contributed by atoms with Crippen molar-refractivity contribution >= 4 is 71.8 Å². The number of hydrogen-bond donors (Lipinski definition) is 2. The number of rotatable bonds is 4. The minimum atomic E-state index is -3.74. The van der Waals surface area contributed by atoms with Crippen molar-refractivity contribution in [2.45, 2.75) is 11.8 Å². The Hall–Kier alpha value is -0.670. The van der Waals surface area contributed by atoms with Crippen molar-refractivity contribution in [1.82, 2.24) is 0 Å². The molecule has 0 saturated carbocycles. The Kier molecular flexibility index (Phi) is 4.94. The van der Waals surface area contributed by atoms with E-state index in [1.165, 1.54) is 17.4 Å². The van der Waals surface area contributed by atoms with Crippen LogP contribution < -0.4 is 10.5 Å². The highest BCUT2D eigenvalue weighted by atomic mass is 79.9. The van der Waals surface area contributed by atoms with Gasteiger partial charge in [-0.05, 0) is 47.1 Å². The van der Waals surface area contributed by atoms with Gasteiger partial charge in [0.05, 0.1) is 9.47 Å². The maximum absolute atomic E-state index is 12.5. The van der Waals surface area contributed by atoms with Crippen LogP contribution in [0.25, 0.3) is 0 Å². The lowest BCUT2D eigenvalue weighted by molar-refractivity contribution is 0.601. The van der Waals surface area contributed by atoms with Gasteiger partial charge in [0.25, 0.3) is 10.0 Å². The molecule has 1 aromatic carbocycles. The van der Waals surface area contributed by atoms with E-state index in [9.17, 15) is 8.42 Å². The van der Waals surface area contributed by atoms with Crippen LogP contribution >= 0.6 is 51.1 Å². The zero-order valence-corrected chi connectivity index (χ0v) is 15.5. The van der Waals surface area contributed by atoms with E-state index in [4.69, 9.17) is 29.6 Å². The highest BCUT2D eigenvalue weighted by molar-refractivity contribution is 9.11. The van der Waals surface area contributed by atoms with E-state index in [0.717, 1.165) is 3.79 Å². The monoisotopic (exact) mass is 424 g/mol. The zero-order chi connectivity index (χ0) is 15.8. The van der Waals surface area contributed by atoms with Crippen LogP contribution in [0.1, 0.15) is 10.4 Å². The van der Waals surface area contributed by atoms with Crippen molar-refractivity contribution in [2.24, 2.45) is 5.73 Å². The molecule has 3 N–H and O–H groups in total. The minimum absolute atomic E-state index is 0.0904. The molecule has 1 aromatic heterocycles. The molecule has 0 bridgehead atoms. The maximum atomic E-state index is 12.5. The molecule has 2 rings (SSSR count). The van der Waals surface area contributed by atoms with Crippen LogP contribution in [0.3, 0.4) is 0 Å². The Balaban J connectivity index is 2.48. The van der Waals surface area contributed by atoms with Crippen molar-refractivity contribution in [2.75, 3.05) is 4.72 Å². The molecule has 112 valence electrons. The highest BCUT2D eigenvalue weighted by Crippen LogP contribution is 2.31. The Morgan fingerprint density at radius 3 is 2.62 bits per heavy atom. The topological polar surface area (TPSA) is 72.2 Å². The van der Waals surface area contributed by atoms with Crippen molar-refractivity contribution in [3.05, 3.63) is 43.5 Å². The number of benzene rings is 1. The lowest BCUT2D eigenvalue weighted by Crippen LogP contribution is -2.18. The van der Waals surface area contributed by atoms with E-state index in [1.807, 2.05) is 0 Å². The van der Waals surface area contributed by atoms with Crippen LogP contribution in [0, 0.1) is 6.92 Å². The molecular weight excluding hydrogens is 416 g/mol. The summed E-state index contributed by atoms with van der Waals surface area (Å²) < 4.78 is 28.2. The normalized spacial score (nSPS) is 11.4. The molecule has 9 heteroatoms. The van der Waals surface area contributed by atoms with Gasteiger partial charge in [-0.1, -0.05) is 23.8 Å². The molecule has 0 unspecified atom stereocenters. The van der Waals surface area contributed by atoms with Crippen LogP contribution in [0.2, 0.25) is 5.02 Å². The average Bonchev–Trinajstić information content (AvgIpc) is 2.68. The summed E-state index contributed by atoms with van der Waals surface area (Å²) in [5, 5.41) is 0.385. The van der Waals surface area contributed by atoms with Crippen molar-refractivity contribution in [1.29, 1.82) is 0 Å². The van der Waals surface area contributed by atoms with Crippen LogP contribution in [-0.4, -0.2) is 13.4 Å². The number of nitrogens with two attached hydrogens (primary N) is 1. The summed E-state index contributed by atoms with van der Waals surface area (Å²) in [7, 11) is -3.74. The van der Waals surface area contributed by atoms with Crippen LogP contribution in [0.5, 0.6) is 0 Å². The third kappa shape index (κ3) is 3.75. The lowest BCUT2D eigenvalue weighted by Gasteiger charge is -2.12. The number of nitrogens with one attached hydrogen (secondary N) is 1. The third-order valence-corrected chi connectivity index (χ3v) is 6.25. The Morgan fingerprint density at radius 2 is 2.10 bits per heavy atom. The number of sulfonamides is 1. The molecule has 4 nitrogen and oxygen atoms in total. The summed E-state index contributed by atoms with van der Waals surface area (Å²) in [4.78, 5) is 0.967. The molecule has 0 aliphatic rings. The molecule has 0 fully saturated rings. The number of anilines is 1. The van der Waals surface area contributed by atoms with Gasteiger partial charge in [-0.15, -0.1) is 11.3 Å². The summed E-state index contributed by atoms with van der Waals surface area (Å²) in [6.45, 7) is 1.73. The third-order valence-electron chi connectivity index (χ3n) is 2.62. The largest absolute Gasteiger partial charge is 0.389 e. The molecule has 0 saturated heterocycles. The Bertz CT molecular complexity index is 818. The van der Waals surface area contributed by atoms with Gasteiger partial charge in [0.1, 0.15) is 9.88 Å².